The summed E-state index contributed by atoms with van der Waals surface area (Å²) in [5.41, 5.74) is 3.23. The molecule has 8 heteroatoms. The summed E-state index contributed by atoms with van der Waals surface area (Å²) in [7, 11) is -2.07. The molecule has 32 heavy (non-hydrogen) atoms. The van der Waals surface area contributed by atoms with Crippen LogP contribution in [0, 0.1) is 12.7 Å². The maximum absolute atomic E-state index is 13.4. The lowest BCUT2D eigenvalue weighted by molar-refractivity contribution is 0.330. The van der Waals surface area contributed by atoms with Crippen molar-refractivity contribution in [3.63, 3.8) is 0 Å². The molecule has 0 N–H and O–H groups in total. The maximum atomic E-state index is 13.4. The Morgan fingerprint density at radius 2 is 1.94 bits per heavy atom. The van der Waals surface area contributed by atoms with E-state index in [1.54, 1.807) is 31.6 Å². The van der Waals surface area contributed by atoms with Crippen molar-refractivity contribution in [2.75, 3.05) is 13.7 Å². The molecule has 0 aliphatic carbocycles. The van der Waals surface area contributed by atoms with E-state index in [1.807, 2.05) is 42.8 Å². The first kappa shape index (κ1) is 22.2. The predicted octanol–water partition coefficient (Wildman–Crippen LogP) is 4.86. The largest absolute Gasteiger partial charge is 0.495 e. The van der Waals surface area contributed by atoms with Gasteiger partial charge in [0.05, 0.1) is 29.7 Å². The van der Waals surface area contributed by atoms with Gasteiger partial charge in [0.25, 0.3) is 0 Å². The van der Waals surface area contributed by atoms with Crippen LogP contribution in [0.4, 0.5) is 4.39 Å². The van der Waals surface area contributed by atoms with E-state index in [1.165, 1.54) is 16.4 Å². The number of benzene rings is 2. The summed E-state index contributed by atoms with van der Waals surface area (Å²) in [5.74, 6) is 0.285. The van der Waals surface area contributed by atoms with E-state index in [4.69, 9.17) is 4.74 Å². The molecule has 1 fully saturated rings. The van der Waals surface area contributed by atoms with Crippen LogP contribution in [0.15, 0.2) is 59.9 Å². The van der Waals surface area contributed by atoms with E-state index in [9.17, 15) is 12.8 Å². The van der Waals surface area contributed by atoms with Crippen molar-refractivity contribution in [3.8, 4) is 11.4 Å². The highest BCUT2D eigenvalue weighted by Crippen LogP contribution is 2.35. The zero-order valence-corrected chi connectivity index (χ0v) is 19.1. The lowest BCUT2D eigenvalue weighted by Crippen LogP contribution is -2.38. The molecule has 2 heterocycles. The normalized spacial score (nSPS) is 18.6. The molecular weight excluding hydrogens is 429 g/mol. The van der Waals surface area contributed by atoms with Gasteiger partial charge in [0, 0.05) is 18.8 Å². The fourth-order valence-corrected chi connectivity index (χ4v) is 5.90. The van der Waals surface area contributed by atoms with Crippen LogP contribution in [-0.2, 0) is 10.0 Å². The molecule has 0 amide bonds. The number of hydrogen-bond donors (Lipinski definition) is 0. The second-order valence-electron chi connectivity index (χ2n) is 7.91. The third-order valence-corrected chi connectivity index (χ3v) is 7.85. The molecule has 4 rings (SSSR count). The number of methoxy groups -OCH3 is 1. The highest BCUT2D eigenvalue weighted by atomic mass is 32.2. The Bertz CT molecular complexity index is 1250. The molecular formula is C24H26FN3O3S. The predicted molar refractivity (Wildman–Crippen MR) is 123 cm³/mol. The third kappa shape index (κ3) is 4.33. The van der Waals surface area contributed by atoms with Crippen molar-refractivity contribution in [1.29, 1.82) is 0 Å². The molecule has 0 bridgehead atoms. The molecule has 1 aromatic heterocycles. The van der Waals surface area contributed by atoms with Gasteiger partial charge in [-0.3, -0.25) is 0 Å². The van der Waals surface area contributed by atoms with Crippen LogP contribution in [0.3, 0.4) is 0 Å². The van der Waals surface area contributed by atoms with Gasteiger partial charge in [-0.1, -0.05) is 18.2 Å². The van der Waals surface area contributed by atoms with E-state index in [0.717, 1.165) is 28.9 Å². The van der Waals surface area contributed by atoms with Gasteiger partial charge in [0.2, 0.25) is 10.0 Å². The highest BCUT2D eigenvalue weighted by molar-refractivity contribution is 7.93. The van der Waals surface area contributed by atoms with Crippen LogP contribution in [0.1, 0.15) is 42.6 Å². The fourth-order valence-electron chi connectivity index (χ4n) is 4.00. The number of imidazole rings is 1. The Kier molecular flexibility index (Phi) is 6.17. The zero-order valence-electron chi connectivity index (χ0n) is 18.3. The summed E-state index contributed by atoms with van der Waals surface area (Å²) >= 11 is 0. The summed E-state index contributed by atoms with van der Waals surface area (Å²) in [6.45, 7) is 4.17. The number of halogens is 1. The molecule has 1 aliphatic heterocycles. The molecule has 0 spiro atoms. The Hall–Kier alpha value is -2.97. The van der Waals surface area contributed by atoms with Crippen molar-refractivity contribution in [2.24, 2.45) is 0 Å². The summed E-state index contributed by atoms with van der Waals surface area (Å²) in [6, 6.07) is 11.2. The minimum Gasteiger partial charge on any atom is -0.495 e. The van der Waals surface area contributed by atoms with Gasteiger partial charge in [-0.2, -0.15) is 4.31 Å². The topological polar surface area (TPSA) is 64.4 Å². The first-order valence-corrected chi connectivity index (χ1v) is 11.9. The molecule has 1 atom stereocenters. The summed E-state index contributed by atoms with van der Waals surface area (Å²) < 4.78 is 49.0. The quantitative estimate of drug-likeness (QED) is 0.551. The average Bonchev–Trinajstić information content (AvgIpc) is 3.21. The van der Waals surface area contributed by atoms with Crippen LogP contribution in [-0.4, -0.2) is 35.9 Å². The summed E-state index contributed by atoms with van der Waals surface area (Å²) in [5, 5.41) is 0. The van der Waals surface area contributed by atoms with Gasteiger partial charge in [-0.15, -0.1) is 0 Å². The number of sulfonamides is 1. The first-order chi connectivity index (χ1) is 15.3. The van der Waals surface area contributed by atoms with Crippen LogP contribution in [0.2, 0.25) is 0 Å². The minimum absolute atomic E-state index is 0.341. The van der Waals surface area contributed by atoms with Crippen molar-refractivity contribution < 1.29 is 17.5 Å². The van der Waals surface area contributed by atoms with Gasteiger partial charge >= 0.3 is 0 Å². The smallest absolute Gasteiger partial charge is 0.239 e. The molecule has 2 aromatic carbocycles. The monoisotopic (exact) mass is 455 g/mol. The third-order valence-electron chi connectivity index (χ3n) is 5.75. The van der Waals surface area contributed by atoms with Gasteiger partial charge < -0.3 is 9.30 Å². The molecule has 6 nitrogen and oxygen atoms in total. The zero-order chi connectivity index (χ0) is 22.9. The molecule has 1 saturated heterocycles. The summed E-state index contributed by atoms with van der Waals surface area (Å²) in [6.07, 6.45) is 6.52. The lowest BCUT2D eigenvalue weighted by Gasteiger charge is -2.33. The minimum atomic E-state index is -3.65. The summed E-state index contributed by atoms with van der Waals surface area (Å²) in [4.78, 5) is 4.61. The van der Waals surface area contributed by atoms with Crippen LogP contribution < -0.4 is 4.74 Å². The van der Waals surface area contributed by atoms with Gasteiger partial charge in [0.1, 0.15) is 11.6 Å². The average molecular weight is 456 g/mol. The number of nitrogens with zero attached hydrogens (tertiary/aromatic N) is 3. The molecule has 0 saturated carbocycles. The van der Waals surface area contributed by atoms with Crippen molar-refractivity contribution in [3.05, 3.63) is 82.5 Å². The first-order valence-electron chi connectivity index (χ1n) is 10.5. The van der Waals surface area contributed by atoms with Crippen molar-refractivity contribution in [1.82, 2.24) is 13.9 Å². The van der Waals surface area contributed by atoms with Gasteiger partial charge in [-0.25, -0.2) is 17.8 Å². The Morgan fingerprint density at radius 1 is 1.19 bits per heavy atom. The molecule has 1 unspecified atom stereocenters. The second kappa shape index (κ2) is 8.88. The van der Waals surface area contributed by atoms with Gasteiger partial charge in [-0.05, 0) is 68.2 Å². The van der Waals surface area contributed by atoms with Crippen LogP contribution in [0.5, 0.6) is 5.75 Å². The van der Waals surface area contributed by atoms with E-state index in [-0.39, 0.29) is 11.9 Å². The van der Waals surface area contributed by atoms with E-state index in [0.29, 0.717) is 23.6 Å². The van der Waals surface area contributed by atoms with Gasteiger partial charge in [0.15, 0.2) is 0 Å². The number of rotatable bonds is 5. The number of aryl methyl sites for hydroxylation is 1. The molecule has 1 aliphatic rings. The second-order valence-corrected chi connectivity index (χ2v) is 9.85. The number of hydrogen-bond acceptors (Lipinski definition) is 4. The number of aromatic nitrogens is 2. The maximum Gasteiger partial charge on any atom is 0.239 e. The lowest BCUT2D eigenvalue weighted by atomic mass is 10.1. The Morgan fingerprint density at radius 3 is 2.59 bits per heavy atom. The number of allylic oxidation sites excluding steroid dienone is 1. The standard InChI is InChI=1S/C24H26FN3O3S/c1-17-15-27(16-26-17)23-11-6-19(14-24(23)31-3)13-22-5-4-12-28(32(22,29)30)18(2)20-7-9-21(25)10-8-20/h6-11,13-16,18H,4-5,12H2,1-3H3. The van der Waals surface area contributed by atoms with E-state index >= 15 is 0 Å². The Labute approximate surface area is 188 Å². The van der Waals surface area contributed by atoms with Crippen molar-refractivity contribution >= 4 is 16.1 Å². The van der Waals surface area contributed by atoms with Crippen molar-refractivity contribution in [2.45, 2.75) is 32.7 Å². The van der Waals surface area contributed by atoms with Crippen LogP contribution in [0.25, 0.3) is 11.8 Å². The van der Waals surface area contributed by atoms with E-state index < -0.39 is 10.0 Å². The number of ether oxygens (including phenoxy) is 1. The molecule has 0 radical (unpaired) electrons. The Balaban J connectivity index is 1.65. The molecule has 168 valence electrons. The SMILES string of the molecule is COc1cc(C=C2CCCN(C(C)c3ccc(F)cc3)S2(=O)=O)ccc1-n1cnc(C)c1. The fraction of sp³-hybridized carbons (Fsp3) is 0.292. The van der Waals surface area contributed by atoms with Crippen LogP contribution >= 0.6 is 0 Å². The van der Waals surface area contributed by atoms with E-state index in [2.05, 4.69) is 4.98 Å². The molecule has 3 aromatic rings. The highest BCUT2D eigenvalue weighted by Gasteiger charge is 2.34.